The molecular weight excluding hydrogens is 580 g/mol. The van der Waals surface area contributed by atoms with Gasteiger partial charge in [0.15, 0.2) is 11.8 Å². The number of nitrogens with one attached hydrogen (secondary N) is 3. The lowest BCUT2D eigenvalue weighted by atomic mass is 10.0. The van der Waals surface area contributed by atoms with E-state index in [0.717, 1.165) is 36.4 Å². The minimum absolute atomic E-state index is 0.223. The number of ether oxygens (including phenoxy) is 1. The van der Waals surface area contributed by atoms with E-state index in [2.05, 4.69) is 21.1 Å². The molecule has 3 aromatic rings. The first-order valence-corrected chi connectivity index (χ1v) is 11.4. The summed E-state index contributed by atoms with van der Waals surface area (Å²) in [6.07, 6.45) is -1.27. The van der Waals surface area contributed by atoms with Crippen molar-refractivity contribution in [1.29, 1.82) is 5.41 Å². The molecule has 1 aliphatic heterocycles. The monoisotopic (exact) mass is 594 g/mol. The third-order valence-corrected chi connectivity index (χ3v) is 5.71. The highest BCUT2D eigenvalue weighted by Gasteiger charge is 2.38. The summed E-state index contributed by atoms with van der Waals surface area (Å²) >= 11 is 0. The standard InChI is InChI=1S/C22H14N10O11/c23-22-20(27-25-16-8-6-14(30(37)38)10-18(16)32(41)42)19(21(43-22)11-1-3-12(4-2-11)28(33)34)26-24-15-7-5-13(29(35)36)9-17(15)31(39)40/h1-10,21,23-25H/b23-22?,26-19+,27-20+/t21-/m1/s1. The molecule has 0 amide bonds. The maximum absolute atomic E-state index is 11.5. The fourth-order valence-electron chi connectivity index (χ4n) is 3.68. The van der Waals surface area contributed by atoms with Crippen LogP contribution < -0.4 is 10.9 Å². The summed E-state index contributed by atoms with van der Waals surface area (Å²) in [6, 6.07) is 10.2. The van der Waals surface area contributed by atoms with Crippen LogP contribution in [-0.4, -0.2) is 41.9 Å². The predicted molar refractivity (Wildman–Crippen MR) is 146 cm³/mol. The van der Waals surface area contributed by atoms with Gasteiger partial charge in [0.05, 0.1) is 36.7 Å². The summed E-state index contributed by atoms with van der Waals surface area (Å²) in [5, 5.41) is 72.5. The van der Waals surface area contributed by atoms with Crippen molar-refractivity contribution in [2.75, 3.05) is 10.9 Å². The van der Waals surface area contributed by atoms with Crippen molar-refractivity contribution in [2.45, 2.75) is 6.10 Å². The zero-order chi connectivity index (χ0) is 31.4. The summed E-state index contributed by atoms with van der Waals surface area (Å²) in [5.74, 6) is -0.640. The van der Waals surface area contributed by atoms with Crippen molar-refractivity contribution in [1.82, 2.24) is 0 Å². The van der Waals surface area contributed by atoms with E-state index < -0.39 is 59.4 Å². The molecule has 218 valence electrons. The van der Waals surface area contributed by atoms with Gasteiger partial charge in [-0.3, -0.25) is 66.8 Å². The minimum atomic E-state index is -1.27. The van der Waals surface area contributed by atoms with Crippen molar-refractivity contribution < 1.29 is 29.4 Å². The quantitative estimate of drug-likeness (QED) is 0.219. The molecule has 4 rings (SSSR count). The van der Waals surface area contributed by atoms with Crippen molar-refractivity contribution in [3.63, 3.8) is 0 Å². The first-order valence-electron chi connectivity index (χ1n) is 11.4. The summed E-state index contributed by atoms with van der Waals surface area (Å²) < 4.78 is 5.53. The second-order valence-corrected chi connectivity index (χ2v) is 8.29. The van der Waals surface area contributed by atoms with E-state index in [1.54, 1.807) is 0 Å². The summed E-state index contributed by atoms with van der Waals surface area (Å²) in [4.78, 5) is 52.1. The first kappa shape index (κ1) is 29.1. The largest absolute Gasteiger partial charge is 0.461 e. The van der Waals surface area contributed by atoms with E-state index in [1.807, 2.05) is 0 Å². The van der Waals surface area contributed by atoms with E-state index in [4.69, 9.17) is 10.1 Å². The molecule has 0 aliphatic carbocycles. The highest BCUT2D eigenvalue weighted by atomic mass is 16.6. The molecule has 0 radical (unpaired) electrons. The Kier molecular flexibility index (Phi) is 7.89. The molecule has 21 heteroatoms. The topological polar surface area (TPSA) is 298 Å². The van der Waals surface area contributed by atoms with Crippen LogP contribution in [0.25, 0.3) is 0 Å². The van der Waals surface area contributed by atoms with Gasteiger partial charge < -0.3 is 4.74 Å². The third kappa shape index (κ3) is 6.13. The van der Waals surface area contributed by atoms with Crippen LogP contribution in [0.2, 0.25) is 0 Å². The maximum atomic E-state index is 11.5. The summed E-state index contributed by atoms with van der Waals surface area (Å²) in [5.41, 5.74) is 0.833. The Balaban J connectivity index is 1.78. The van der Waals surface area contributed by atoms with Crippen molar-refractivity contribution in [2.24, 2.45) is 10.2 Å². The van der Waals surface area contributed by atoms with Crippen LogP contribution in [0.1, 0.15) is 11.7 Å². The molecule has 1 saturated heterocycles. The third-order valence-electron chi connectivity index (χ3n) is 5.71. The molecule has 21 nitrogen and oxygen atoms in total. The Morgan fingerprint density at radius 1 is 0.628 bits per heavy atom. The summed E-state index contributed by atoms with van der Waals surface area (Å²) in [7, 11) is 0. The van der Waals surface area contributed by atoms with Gasteiger partial charge in [0.2, 0.25) is 5.90 Å². The lowest BCUT2D eigenvalue weighted by Gasteiger charge is -2.11. The van der Waals surface area contributed by atoms with Gasteiger partial charge in [-0.2, -0.15) is 10.2 Å². The molecule has 0 aromatic heterocycles. The van der Waals surface area contributed by atoms with Gasteiger partial charge in [-0.05, 0) is 29.8 Å². The molecule has 43 heavy (non-hydrogen) atoms. The average Bonchev–Trinajstić information content (AvgIpc) is 3.29. The molecule has 1 aliphatic rings. The molecule has 3 N–H and O–H groups in total. The summed E-state index contributed by atoms with van der Waals surface area (Å²) in [6.45, 7) is 0. The van der Waals surface area contributed by atoms with E-state index in [9.17, 15) is 50.6 Å². The molecule has 3 aromatic carbocycles. The fraction of sp³-hybridized carbons (Fsp3) is 0.0455. The van der Waals surface area contributed by atoms with E-state index in [1.165, 1.54) is 12.1 Å². The van der Waals surface area contributed by atoms with Crippen LogP contribution in [0.15, 0.2) is 70.9 Å². The Morgan fingerprint density at radius 3 is 1.51 bits per heavy atom. The van der Waals surface area contributed by atoms with E-state index in [0.29, 0.717) is 12.1 Å². The molecule has 1 heterocycles. The Bertz CT molecular complexity index is 1770. The molecular formula is C22H14N10O11. The fourth-order valence-corrected chi connectivity index (χ4v) is 3.68. The second kappa shape index (κ2) is 11.7. The SMILES string of the molecule is N=C1O[C@H](c2ccc([N+](=O)[O-])cc2)C(=N/Nc2ccc([N+](=O)[O-])cc2[N+](=O)[O-])/C1=N\Nc1ccc([N+](=O)[O-])cc1[N+](=O)[O-]. The van der Waals surface area contributed by atoms with Crippen molar-refractivity contribution in [3.05, 3.63) is 117 Å². The lowest BCUT2D eigenvalue weighted by molar-refractivity contribution is -0.393. The van der Waals surface area contributed by atoms with Crippen LogP contribution in [-0.2, 0) is 4.74 Å². The van der Waals surface area contributed by atoms with E-state index in [-0.39, 0.29) is 34.0 Å². The van der Waals surface area contributed by atoms with Gasteiger partial charge in [0.1, 0.15) is 17.1 Å². The normalized spacial score (nSPS) is 16.0. The van der Waals surface area contributed by atoms with E-state index >= 15 is 0 Å². The number of nitro benzene ring substituents is 5. The Labute approximate surface area is 236 Å². The highest BCUT2D eigenvalue weighted by Crippen LogP contribution is 2.33. The number of hydrogen-bond acceptors (Lipinski definition) is 16. The smallest absolute Gasteiger partial charge is 0.301 e. The lowest BCUT2D eigenvalue weighted by Crippen LogP contribution is -2.20. The number of hydrogen-bond donors (Lipinski definition) is 3. The number of hydrazone groups is 2. The van der Waals surface area contributed by atoms with Crippen LogP contribution in [0.3, 0.4) is 0 Å². The molecule has 1 fully saturated rings. The molecule has 1 atom stereocenters. The van der Waals surface area contributed by atoms with Crippen LogP contribution in [0.5, 0.6) is 0 Å². The second-order valence-electron chi connectivity index (χ2n) is 8.29. The van der Waals surface area contributed by atoms with Crippen LogP contribution in [0, 0.1) is 56.0 Å². The number of rotatable bonds is 10. The number of non-ortho nitro benzene ring substituents is 3. The predicted octanol–water partition coefficient (Wildman–Crippen LogP) is 4.21. The number of anilines is 2. The Hall–Kier alpha value is -6.93. The van der Waals surface area contributed by atoms with Gasteiger partial charge >= 0.3 is 11.4 Å². The van der Waals surface area contributed by atoms with Gasteiger partial charge in [-0.15, -0.1) is 0 Å². The van der Waals surface area contributed by atoms with Crippen LogP contribution >= 0.6 is 0 Å². The first-order chi connectivity index (χ1) is 20.4. The maximum Gasteiger partial charge on any atom is 0.301 e. The number of nitrogens with zero attached hydrogens (tertiary/aromatic N) is 7. The number of nitro groups is 5. The van der Waals surface area contributed by atoms with Gasteiger partial charge in [-0.1, -0.05) is 0 Å². The minimum Gasteiger partial charge on any atom is -0.461 e. The number of benzene rings is 3. The molecule has 0 saturated carbocycles. The molecule has 0 spiro atoms. The van der Waals surface area contributed by atoms with Gasteiger partial charge in [-0.25, -0.2) is 0 Å². The van der Waals surface area contributed by atoms with Crippen molar-refractivity contribution in [3.8, 4) is 0 Å². The zero-order valence-corrected chi connectivity index (χ0v) is 21.0. The Morgan fingerprint density at radius 2 is 1.07 bits per heavy atom. The zero-order valence-electron chi connectivity index (χ0n) is 21.0. The average molecular weight is 594 g/mol. The van der Waals surface area contributed by atoms with Crippen molar-refractivity contribution >= 4 is 57.1 Å². The van der Waals surface area contributed by atoms with Crippen LogP contribution in [0.4, 0.5) is 39.8 Å². The van der Waals surface area contributed by atoms with Gasteiger partial charge in [0, 0.05) is 24.3 Å². The highest BCUT2D eigenvalue weighted by molar-refractivity contribution is 6.69. The van der Waals surface area contributed by atoms with Gasteiger partial charge in [0.25, 0.3) is 17.1 Å². The molecule has 0 bridgehead atoms. The molecule has 0 unspecified atom stereocenters.